The zero-order valence-corrected chi connectivity index (χ0v) is 12.0. The third-order valence-electron chi connectivity index (χ3n) is 3.44. The Labute approximate surface area is 118 Å². The van der Waals surface area contributed by atoms with Gasteiger partial charge in [0.1, 0.15) is 6.61 Å². The van der Waals surface area contributed by atoms with Crippen LogP contribution in [0.5, 0.6) is 0 Å². The van der Waals surface area contributed by atoms with Crippen molar-refractivity contribution in [2.75, 3.05) is 19.7 Å². The molecule has 1 atom stereocenters. The van der Waals surface area contributed by atoms with Crippen LogP contribution in [0, 0.1) is 17.8 Å². The highest BCUT2D eigenvalue weighted by atomic mass is 32.1. The minimum atomic E-state index is -0.148. The zero-order valence-electron chi connectivity index (χ0n) is 11.2. The van der Waals surface area contributed by atoms with E-state index in [9.17, 15) is 4.79 Å². The molecule has 1 aliphatic rings. The van der Waals surface area contributed by atoms with Crippen molar-refractivity contribution in [1.29, 1.82) is 0 Å². The molecule has 0 saturated carbocycles. The minimum absolute atomic E-state index is 0.113. The predicted molar refractivity (Wildman–Crippen MR) is 77.2 cm³/mol. The summed E-state index contributed by atoms with van der Waals surface area (Å²) in [4.78, 5) is 15.2. The van der Waals surface area contributed by atoms with Gasteiger partial charge in [-0.05, 0) is 31.2 Å². The van der Waals surface area contributed by atoms with Gasteiger partial charge in [0.2, 0.25) is 0 Å². The van der Waals surface area contributed by atoms with E-state index in [-0.39, 0.29) is 12.5 Å². The Morgan fingerprint density at radius 1 is 1.53 bits per heavy atom. The Balaban J connectivity index is 2.04. The van der Waals surface area contributed by atoms with Gasteiger partial charge in [0.15, 0.2) is 0 Å². The van der Waals surface area contributed by atoms with E-state index in [1.165, 1.54) is 17.8 Å². The highest BCUT2D eigenvalue weighted by Crippen LogP contribution is 2.20. The second-order valence-corrected chi connectivity index (χ2v) is 5.90. The van der Waals surface area contributed by atoms with E-state index in [0.29, 0.717) is 5.92 Å². The summed E-state index contributed by atoms with van der Waals surface area (Å²) in [5.74, 6) is 6.27. The Morgan fingerprint density at radius 2 is 2.37 bits per heavy atom. The lowest BCUT2D eigenvalue weighted by atomic mass is 10.0. The van der Waals surface area contributed by atoms with Gasteiger partial charge in [-0.1, -0.05) is 18.8 Å². The molecule has 1 saturated heterocycles. The van der Waals surface area contributed by atoms with Gasteiger partial charge in [0.25, 0.3) is 5.91 Å². The molecule has 1 fully saturated rings. The van der Waals surface area contributed by atoms with E-state index in [0.717, 1.165) is 36.4 Å². The number of amides is 1. The first-order valence-electron chi connectivity index (χ1n) is 6.68. The summed E-state index contributed by atoms with van der Waals surface area (Å²) in [6, 6.07) is 1.82. The number of nitrogens with zero attached hydrogens (tertiary/aromatic N) is 1. The van der Waals surface area contributed by atoms with Gasteiger partial charge < -0.3 is 10.0 Å². The largest absolute Gasteiger partial charge is 0.384 e. The summed E-state index contributed by atoms with van der Waals surface area (Å²) >= 11 is 1.46. The molecule has 2 rings (SSSR count). The summed E-state index contributed by atoms with van der Waals surface area (Å²) in [5, 5.41) is 10.5. The average Bonchev–Trinajstić information content (AvgIpc) is 2.78. The summed E-state index contributed by atoms with van der Waals surface area (Å²) < 4.78 is 0. The molecule has 1 aromatic heterocycles. The molecule has 1 aliphatic heterocycles. The first-order valence-corrected chi connectivity index (χ1v) is 7.56. The van der Waals surface area contributed by atoms with Gasteiger partial charge in [-0.25, -0.2) is 0 Å². The highest BCUT2D eigenvalue weighted by Gasteiger charge is 2.20. The van der Waals surface area contributed by atoms with Gasteiger partial charge in [0, 0.05) is 18.5 Å². The fraction of sp³-hybridized carbons (Fsp3) is 0.533. The zero-order chi connectivity index (χ0) is 13.7. The number of aliphatic hydroxyl groups is 1. The van der Waals surface area contributed by atoms with Crippen LogP contribution in [-0.4, -0.2) is 35.6 Å². The second kappa shape index (κ2) is 6.74. The van der Waals surface area contributed by atoms with Gasteiger partial charge in [0.05, 0.1) is 10.4 Å². The smallest absolute Gasteiger partial charge is 0.254 e. The Morgan fingerprint density at radius 3 is 3.16 bits per heavy atom. The van der Waals surface area contributed by atoms with Crippen LogP contribution in [0.3, 0.4) is 0 Å². The van der Waals surface area contributed by atoms with E-state index < -0.39 is 0 Å². The molecule has 102 valence electrons. The molecular formula is C15H19NO2S. The Kier molecular flexibility index (Phi) is 5.00. The van der Waals surface area contributed by atoms with E-state index in [1.54, 1.807) is 0 Å². The molecule has 0 bridgehead atoms. The van der Waals surface area contributed by atoms with Crippen LogP contribution in [-0.2, 0) is 0 Å². The summed E-state index contributed by atoms with van der Waals surface area (Å²) in [6.07, 6.45) is 3.39. The highest BCUT2D eigenvalue weighted by molar-refractivity contribution is 7.10. The van der Waals surface area contributed by atoms with Crippen LogP contribution in [0.15, 0.2) is 11.4 Å². The summed E-state index contributed by atoms with van der Waals surface area (Å²) in [7, 11) is 0. The molecule has 0 spiro atoms. The molecule has 0 aromatic carbocycles. The molecule has 19 heavy (non-hydrogen) atoms. The molecule has 0 radical (unpaired) electrons. The van der Waals surface area contributed by atoms with Crippen molar-refractivity contribution < 1.29 is 9.90 Å². The number of thiophene rings is 1. The molecule has 2 heterocycles. The van der Waals surface area contributed by atoms with Crippen molar-refractivity contribution >= 4 is 17.2 Å². The van der Waals surface area contributed by atoms with E-state index in [2.05, 4.69) is 18.8 Å². The quantitative estimate of drug-likeness (QED) is 0.801. The number of carbonyl (C=O) groups excluding carboxylic acids is 1. The average molecular weight is 277 g/mol. The number of likely N-dealkylation sites (tertiary alicyclic amines) is 1. The minimum Gasteiger partial charge on any atom is -0.384 e. The van der Waals surface area contributed by atoms with Crippen molar-refractivity contribution in [3.05, 3.63) is 21.9 Å². The first-order chi connectivity index (χ1) is 9.20. The maximum atomic E-state index is 12.4. The standard InChI is InChI=1S/C15H19NO2S/c1-12-4-2-7-16(8-6-12)15(18)13-10-14(19-11-13)5-3-9-17/h10-12,17H,2,4,6-9H2,1H3. The van der Waals surface area contributed by atoms with Crippen molar-refractivity contribution in [1.82, 2.24) is 4.90 Å². The molecule has 3 nitrogen and oxygen atoms in total. The van der Waals surface area contributed by atoms with Crippen molar-refractivity contribution in [3.8, 4) is 11.8 Å². The van der Waals surface area contributed by atoms with Crippen LogP contribution < -0.4 is 0 Å². The van der Waals surface area contributed by atoms with E-state index >= 15 is 0 Å². The lowest BCUT2D eigenvalue weighted by Crippen LogP contribution is -2.31. The van der Waals surface area contributed by atoms with Crippen LogP contribution in [0.2, 0.25) is 0 Å². The van der Waals surface area contributed by atoms with E-state index in [1.807, 2.05) is 16.3 Å². The number of rotatable bonds is 1. The fourth-order valence-electron chi connectivity index (χ4n) is 2.29. The van der Waals surface area contributed by atoms with Gasteiger partial charge >= 0.3 is 0 Å². The first kappa shape index (κ1) is 14.1. The van der Waals surface area contributed by atoms with Crippen LogP contribution in [0.1, 0.15) is 41.4 Å². The number of hydrogen-bond donors (Lipinski definition) is 1. The molecular weight excluding hydrogens is 258 g/mol. The van der Waals surface area contributed by atoms with Crippen LogP contribution in [0.25, 0.3) is 0 Å². The van der Waals surface area contributed by atoms with Gasteiger partial charge in [-0.3, -0.25) is 4.79 Å². The maximum Gasteiger partial charge on any atom is 0.254 e. The third-order valence-corrected chi connectivity index (χ3v) is 4.29. The topological polar surface area (TPSA) is 40.5 Å². The lowest BCUT2D eigenvalue weighted by Gasteiger charge is -2.19. The Bertz CT molecular complexity index is 498. The third kappa shape index (κ3) is 3.82. The van der Waals surface area contributed by atoms with E-state index in [4.69, 9.17) is 5.11 Å². The monoisotopic (exact) mass is 277 g/mol. The fourth-order valence-corrected chi connectivity index (χ4v) is 3.04. The maximum absolute atomic E-state index is 12.4. The predicted octanol–water partition coefficient (Wildman–Crippen LogP) is 2.35. The Hall–Kier alpha value is -1.31. The van der Waals surface area contributed by atoms with Crippen molar-refractivity contribution in [2.45, 2.75) is 26.2 Å². The van der Waals surface area contributed by atoms with Crippen molar-refractivity contribution in [3.63, 3.8) is 0 Å². The molecule has 1 amide bonds. The summed E-state index contributed by atoms with van der Waals surface area (Å²) in [6.45, 7) is 3.82. The molecule has 4 heteroatoms. The summed E-state index contributed by atoms with van der Waals surface area (Å²) in [5.41, 5.74) is 0.724. The number of aliphatic hydroxyl groups excluding tert-OH is 1. The number of hydrogen-bond acceptors (Lipinski definition) is 3. The van der Waals surface area contributed by atoms with Crippen LogP contribution in [0.4, 0.5) is 0 Å². The molecule has 1 N–H and O–H groups in total. The van der Waals surface area contributed by atoms with Crippen molar-refractivity contribution in [2.24, 2.45) is 5.92 Å². The van der Waals surface area contributed by atoms with Gasteiger partial charge in [-0.15, -0.1) is 11.3 Å². The lowest BCUT2D eigenvalue weighted by molar-refractivity contribution is 0.0761. The number of carbonyl (C=O) groups is 1. The molecule has 1 unspecified atom stereocenters. The normalized spacial score (nSPS) is 19.5. The molecule has 0 aliphatic carbocycles. The second-order valence-electron chi connectivity index (χ2n) is 4.99. The van der Waals surface area contributed by atoms with Crippen LogP contribution >= 0.6 is 11.3 Å². The van der Waals surface area contributed by atoms with Gasteiger partial charge in [-0.2, -0.15) is 0 Å². The SMILES string of the molecule is CC1CCCN(C(=O)c2csc(C#CCO)c2)CC1. The molecule has 1 aromatic rings.